The second kappa shape index (κ2) is 8.55. The molecule has 0 saturated carbocycles. The van der Waals surface area contributed by atoms with Gasteiger partial charge in [-0.3, -0.25) is 4.98 Å². The molecule has 3 aromatic rings. The summed E-state index contributed by atoms with van der Waals surface area (Å²) < 4.78 is 18.4. The highest BCUT2D eigenvalue weighted by Crippen LogP contribution is 2.69. The zero-order valence-corrected chi connectivity index (χ0v) is 26.9. The summed E-state index contributed by atoms with van der Waals surface area (Å²) in [5.74, 6) is 2.03. The Morgan fingerprint density at radius 2 is 1.46 bits per heavy atom. The lowest BCUT2D eigenvalue weighted by atomic mass is 9.48. The molecule has 1 aromatic heterocycles. The molecule has 2 fully saturated rings. The molecule has 46 heavy (non-hydrogen) atoms. The lowest BCUT2D eigenvalue weighted by Crippen LogP contribution is -2.74. The van der Waals surface area contributed by atoms with Gasteiger partial charge in [-0.1, -0.05) is 18.2 Å². The fraction of sp³-hybridized carbons (Fsp3) is 0.541. The smallest absolute Gasteiger partial charge is 0.166 e. The van der Waals surface area contributed by atoms with E-state index in [1.165, 1.54) is 5.56 Å². The first-order chi connectivity index (χ1) is 22.1. The van der Waals surface area contributed by atoms with Crippen molar-refractivity contribution in [2.45, 2.75) is 85.2 Å². The van der Waals surface area contributed by atoms with Gasteiger partial charge >= 0.3 is 0 Å². The van der Waals surface area contributed by atoms with Gasteiger partial charge in [0.1, 0.15) is 0 Å². The molecule has 7 atom stereocenters. The number of aliphatic hydroxyl groups is 2. The lowest BCUT2D eigenvalue weighted by Gasteiger charge is -2.63. The second-order valence-corrected chi connectivity index (χ2v) is 15.3. The summed E-state index contributed by atoms with van der Waals surface area (Å²) in [6.45, 7) is 1.68. The number of rotatable bonds is 2. The van der Waals surface area contributed by atoms with Crippen LogP contribution in [0, 0.1) is 0 Å². The van der Waals surface area contributed by atoms with Crippen LogP contribution in [-0.2, 0) is 42.9 Å². The average Bonchev–Trinajstić information content (AvgIpc) is 3.38. The van der Waals surface area contributed by atoms with Crippen molar-refractivity contribution in [1.29, 1.82) is 0 Å². The standard InChI is InChI=1S/C37H41N3O6/c1-39-11-9-34-18-23-21(16-36(34,42)26(39)14-19-5-7-24(44-3)31(41)28(19)34)13-22-17-37(43)27-15-20-6-8-25(45-4)32-29(20)35(37,10-12-40(27)2)33(46-32)30(22)38-23/h5-8,13,26-27,33,41-43H,9-12,14-18H2,1-4H3/t26-,27-,33+,34-,35+,36-,37-/m1/s1. The summed E-state index contributed by atoms with van der Waals surface area (Å²) in [7, 11) is 7.49. The van der Waals surface area contributed by atoms with Crippen LogP contribution in [0.5, 0.6) is 23.0 Å². The van der Waals surface area contributed by atoms with Gasteiger partial charge in [-0.2, -0.15) is 0 Å². The zero-order valence-electron chi connectivity index (χ0n) is 26.9. The van der Waals surface area contributed by atoms with Crippen LogP contribution in [0.1, 0.15) is 63.7 Å². The summed E-state index contributed by atoms with van der Waals surface area (Å²) in [6, 6.07) is 10.1. The molecule has 9 heteroatoms. The Hall–Kier alpha value is -3.37. The minimum atomic E-state index is -1.10. The minimum Gasteiger partial charge on any atom is -0.504 e. The SMILES string of the molecule is COc1ccc2c(c1O)[C@]13CCN(C)[C@H](C2)[C@]1(O)Cc1cc2c(nc1C3)[C@@H]1Oc3c(OC)ccc4c3[C@@]13CCN(C)[C@H](C4)[C@]3(O)C2. The number of benzene rings is 2. The predicted octanol–water partition coefficient (Wildman–Crippen LogP) is 2.75. The van der Waals surface area contributed by atoms with Crippen LogP contribution in [0.4, 0.5) is 0 Å². The molecule has 1 spiro atoms. The zero-order chi connectivity index (χ0) is 31.5. The fourth-order valence-corrected chi connectivity index (χ4v) is 11.7. The number of phenols is 1. The van der Waals surface area contributed by atoms with Crippen molar-refractivity contribution in [3.63, 3.8) is 0 Å². The number of hydrogen-bond donors (Lipinski definition) is 3. The van der Waals surface area contributed by atoms with Crippen molar-refractivity contribution in [1.82, 2.24) is 14.8 Å². The number of likely N-dealkylation sites (tertiary alicyclic amines) is 2. The average molecular weight is 624 g/mol. The van der Waals surface area contributed by atoms with Crippen LogP contribution < -0.4 is 14.2 Å². The van der Waals surface area contributed by atoms with E-state index in [9.17, 15) is 15.3 Å². The maximum absolute atomic E-state index is 13.0. The van der Waals surface area contributed by atoms with Crippen LogP contribution in [-0.4, -0.2) is 94.8 Å². The van der Waals surface area contributed by atoms with Crippen LogP contribution in [0.2, 0.25) is 0 Å². The third-order valence-electron chi connectivity index (χ3n) is 13.8. The summed E-state index contributed by atoms with van der Waals surface area (Å²) in [6.07, 6.45) is 3.88. The molecule has 9 nitrogen and oxygen atoms in total. The number of fused-ring (bicyclic) bond motifs is 4. The van der Waals surface area contributed by atoms with Crippen LogP contribution in [0.25, 0.3) is 0 Å². The van der Waals surface area contributed by atoms with E-state index in [0.717, 1.165) is 70.9 Å². The number of pyridine rings is 1. The van der Waals surface area contributed by atoms with Crippen molar-refractivity contribution in [2.75, 3.05) is 41.4 Å². The fourth-order valence-electron chi connectivity index (χ4n) is 11.7. The van der Waals surface area contributed by atoms with Crippen LogP contribution >= 0.6 is 0 Å². The Morgan fingerprint density at radius 3 is 2.20 bits per heavy atom. The molecule has 0 radical (unpaired) electrons. The van der Waals surface area contributed by atoms with Crippen molar-refractivity contribution in [2.24, 2.45) is 0 Å². The van der Waals surface area contributed by atoms with Crippen LogP contribution in [0.3, 0.4) is 0 Å². The van der Waals surface area contributed by atoms with E-state index in [2.05, 4.69) is 42.1 Å². The quantitative estimate of drug-likeness (QED) is 0.397. The molecule has 3 aliphatic heterocycles. The number of ether oxygens (including phenoxy) is 3. The van der Waals surface area contributed by atoms with Gasteiger partial charge in [-0.25, -0.2) is 0 Å². The van der Waals surface area contributed by atoms with Gasteiger partial charge in [0.15, 0.2) is 29.1 Å². The third-order valence-corrected chi connectivity index (χ3v) is 13.8. The highest BCUT2D eigenvalue weighted by molar-refractivity contribution is 5.65. The summed E-state index contributed by atoms with van der Waals surface area (Å²) >= 11 is 0. The maximum Gasteiger partial charge on any atom is 0.166 e. The van der Waals surface area contributed by atoms with Gasteiger partial charge in [0.05, 0.1) is 36.5 Å². The summed E-state index contributed by atoms with van der Waals surface area (Å²) in [5.41, 5.74) is 4.66. The first-order valence-corrected chi connectivity index (χ1v) is 16.7. The molecular formula is C37H41N3O6. The van der Waals surface area contributed by atoms with E-state index in [1.807, 2.05) is 12.1 Å². The molecular weight excluding hydrogens is 582 g/mol. The monoisotopic (exact) mass is 623 g/mol. The molecule has 2 saturated heterocycles. The maximum atomic E-state index is 13.0. The van der Waals surface area contributed by atoms with E-state index in [1.54, 1.807) is 14.2 Å². The number of likely N-dealkylation sites (N-methyl/N-ethyl adjacent to an activating group) is 2. The summed E-state index contributed by atoms with van der Waals surface area (Å²) in [5, 5.41) is 37.6. The van der Waals surface area contributed by atoms with Crippen molar-refractivity contribution < 1.29 is 29.5 Å². The van der Waals surface area contributed by atoms with Crippen molar-refractivity contribution >= 4 is 0 Å². The van der Waals surface area contributed by atoms with Gasteiger partial charge < -0.3 is 39.3 Å². The van der Waals surface area contributed by atoms with E-state index in [4.69, 9.17) is 19.2 Å². The Labute approximate surface area is 268 Å². The molecule has 240 valence electrons. The number of nitrogens with zero attached hydrogens (tertiary/aromatic N) is 3. The number of phenolic OH excluding ortho intramolecular Hbond substituents is 1. The number of hydrogen-bond acceptors (Lipinski definition) is 9. The molecule has 2 aromatic carbocycles. The molecule has 4 heterocycles. The van der Waals surface area contributed by atoms with E-state index >= 15 is 0 Å². The number of aromatic hydroxyl groups is 1. The molecule has 3 N–H and O–H groups in total. The van der Waals surface area contributed by atoms with Gasteiger partial charge in [0.25, 0.3) is 0 Å². The Kier molecular flexibility index (Phi) is 5.15. The molecule has 10 rings (SSSR count). The number of aromatic nitrogens is 1. The van der Waals surface area contributed by atoms with E-state index in [-0.39, 0.29) is 17.8 Å². The van der Waals surface area contributed by atoms with E-state index in [0.29, 0.717) is 43.6 Å². The van der Waals surface area contributed by atoms with Gasteiger partial charge in [-0.15, -0.1) is 0 Å². The van der Waals surface area contributed by atoms with E-state index < -0.39 is 28.1 Å². The van der Waals surface area contributed by atoms with Gasteiger partial charge in [-0.05, 0) is 87.3 Å². The molecule has 0 unspecified atom stereocenters. The molecule has 7 aliphatic rings. The second-order valence-electron chi connectivity index (χ2n) is 15.3. The normalized spacial score (nSPS) is 37.7. The highest BCUT2D eigenvalue weighted by Gasteiger charge is 2.73. The topological polar surface area (TPSA) is 108 Å². The van der Waals surface area contributed by atoms with Crippen molar-refractivity contribution in [3.05, 3.63) is 75.1 Å². The molecule has 4 aliphatic carbocycles. The first-order valence-electron chi connectivity index (χ1n) is 16.7. The lowest BCUT2D eigenvalue weighted by molar-refractivity contribution is -0.168. The third kappa shape index (κ3) is 2.85. The Morgan fingerprint density at radius 1 is 0.804 bits per heavy atom. The Bertz CT molecular complexity index is 1880. The molecule has 0 amide bonds. The largest absolute Gasteiger partial charge is 0.504 e. The predicted molar refractivity (Wildman–Crippen MR) is 169 cm³/mol. The Balaban J connectivity index is 1.19. The number of piperidine rings is 2. The summed E-state index contributed by atoms with van der Waals surface area (Å²) in [4.78, 5) is 10.1. The number of methoxy groups -OCH3 is 2. The van der Waals surface area contributed by atoms with Gasteiger partial charge in [0, 0.05) is 53.6 Å². The molecule has 4 bridgehead atoms. The van der Waals surface area contributed by atoms with Gasteiger partial charge in [0.2, 0.25) is 0 Å². The van der Waals surface area contributed by atoms with Crippen LogP contribution in [0.15, 0.2) is 30.3 Å². The van der Waals surface area contributed by atoms with Crippen molar-refractivity contribution in [3.8, 4) is 23.0 Å². The highest BCUT2D eigenvalue weighted by atomic mass is 16.5. The first kappa shape index (κ1) is 27.7. The minimum absolute atomic E-state index is 0.0448.